The SMILES string of the molecule is CCC(C)c1ccc(N2C(=O)NC(=O)C(=Cc3cn(Cc4ccccc4)c4ccccc34)C2=O)cc1. The lowest BCUT2D eigenvalue weighted by molar-refractivity contribution is -0.122. The summed E-state index contributed by atoms with van der Waals surface area (Å²) in [6.45, 7) is 4.89. The molecule has 5 rings (SSSR count). The Kier molecular flexibility index (Phi) is 6.25. The average Bonchev–Trinajstić information content (AvgIpc) is 3.24. The van der Waals surface area contributed by atoms with Crippen LogP contribution in [0.15, 0.2) is 90.6 Å². The van der Waals surface area contributed by atoms with Crippen LogP contribution in [-0.2, 0) is 16.1 Å². The second-order valence-electron chi connectivity index (χ2n) is 9.07. The molecule has 1 aromatic heterocycles. The van der Waals surface area contributed by atoms with E-state index in [0.29, 0.717) is 18.2 Å². The number of aromatic nitrogens is 1. The number of urea groups is 1. The molecule has 1 saturated heterocycles. The molecular formula is C30H27N3O3. The number of barbiturate groups is 1. The molecule has 0 saturated carbocycles. The quantitative estimate of drug-likeness (QED) is 0.279. The molecule has 2 heterocycles. The molecule has 3 aromatic carbocycles. The third kappa shape index (κ3) is 4.33. The van der Waals surface area contributed by atoms with E-state index >= 15 is 0 Å². The first kappa shape index (κ1) is 23.3. The standard InChI is InChI=1S/C30H27N3O3/c1-3-20(2)22-13-15-24(16-14-22)33-29(35)26(28(34)31-30(33)36)17-23-19-32(18-21-9-5-4-6-10-21)27-12-8-7-11-25(23)27/h4-17,19-20H,3,18H2,1-2H3,(H,31,34,36). The van der Waals surface area contributed by atoms with Gasteiger partial charge in [0.15, 0.2) is 0 Å². The van der Waals surface area contributed by atoms with Crippen LogP contribution in [-0.4, -0.2) is 22.4 Å². The Hall–Kier alpha value is -4.45. The first-order valence-corrected chi connectivity index (χ1v) is 12.1. The Morgan fingerprint density at radius 1 is 0.889 bits per heavy atom. The van der Waals surface area contributed by atoms with Crippen molar-refractivity contribution in [3.05, 3.63) is 107 Å². The fourth-order valence-electron chi connectivity index (χ4n) is 4.54. The van der Waals surface area contributed by atoms with E-state index in [1.165, 1.54) is 0 Å². The van der Waals surface area contributed by atoms with Crippen LogP contribution in [0.4, 0.5) is 10.5 Å². The van der Waals surface area contributed by atoms with E-state index in [9.17, 15) is 14.4 Å². The van der Waals surface area contributed by atoms with Crippen molar-refractivity contribution in [2.75, 3.05) is 4.90 Å². The van der Waals surface area contributed by atoms with E-state index in [-0.39, 0.29) is 5.57 Å². The van der Waals surface area contributed by atoms with Gasteiger partial charge < -0.3 is 4.57 Å². The number of para-hydroxylation sites is 1. The molecule has 1 fully saturated rings. The van der Waals surface area contributed by atoms with Crippen LogP contribution in [0, 0.1) is 0 Å². The Labute approximate surface area is 209 Å². The Morgan fingerprint density at radius 2 is 1.58 bits per heavy atom. The summed E-state index contributed by atoms with van der Waals surface area (Å²) in [7, 11) is 0. The van der Waals surface area contributed by atoms with Crippen molar-refractivity contribution in [1.82, 2.24) is 9.88 Å². The Balaban J connectivity index is 1.52. The fourth-order valence-corrected chi connectivity index (χ4v) is 4.54. The predicted molar refractivity (Wildman–Crippen MR) is 142 cm³/mol. The number of carbonyl (C=O) groups is 3. The Morgan fingerprint density at radius 3 is 2.31 bits per heavy atom. The highest BCUT2D eigenvalue weighted by Crippen LogP contribution is 2.28. The van der Waals surface area contributed by atoms with Crippen LogP contribution in [0.3, 0.4) is 0 Å². The number of benzene rings is 3. The number of hydrogen-bond donors (Lipinski definition) is 1. The number of rotatable bonds is 6. The largest absolute Gasteiger partial charge is 0.342 e. The maximum Gasteiger partial charge on any atom is 0.335 e. The molecule has 0 radical (unpaired) electrons. The first-order valence-electron chi connectivity index (χ1n) is 12.1. The van der Waals surface area contributed by atoms with Crippen LogP contribution in [0.5, 0.6) is 0 Å². The van der Waals surface area contributed by atoms with Crippen LogP contribution >= 0.6 is 0 Å². The molecular weight excluding hydrogens is 450 g/mol. The highest BCUT2D eigenvalue weighted by molar-refractivity contribution is 6.39. The van der Waals surface area contributed by atoms with Crippen molar-refractivity contribution >= 4 is 40.5 Å². The van der Waals surface area contributed by atoms with Crippen molar-refractivity contribution < 1.29 is 14.4 Å². The Bertz CT molecular complexity index is 1480. The third-order valence-corrected chi connectivity index (χ3v) is 6.75. The van der Waals surface area contributed by atoms with Gasteiger partial charge in [0.1, 0.15) is 5.57 Å². The molecule has 0 spiro atoms. The maximum atomic E-state index is 13.4. The van der Waals surface area contributed by atoms with Gasteiger partial charge in [-0.3, -0.25) is 14.9 Å². The molecule has 36 heavy (non-hydrogen) atoms. The molecule has 1 unspecified atom stereocenters. The molecule has 0 aliphatic carbocycles. The van der Waals surface area contributed by atoms with Crippen molar-refractivity contribution in [2.24, 2.45) is 0 Å². The van der Waals surface area contributed by atoms with Crippen molar-refractivity contribution in [3.63, 3.8) is 0 Å². The van der Waals surface area contributed by atoms with Crippen LogP contribution in [0.1, 0.15) is 42.9 Å². The topological polar surface area (TPSA) is 71.4 Å². The minimum Gasteiger partial charge on any atom is -0.342 e. The molecule has 6 heteroatoms. The van der Waals surface area contributed by atoms with E-state index in [0.717, 1.165) is 38.9 Å². The van der Waals surface area contributed by atoms with E-state index in [1.54, 1.807) is 18.2 Å². The zero-order valence-corrected chi connectivity index (χ0v) is 20.3. The summed E-state index contributed by atoms with van der Waals surface area (Å²) in [4.78, 5) is 39.9. The van der Waals surface area contributed by atoms with Gasteiger partial charge in [-0.25, -0.2) is 9.69 Å². The zero-order chi connectivity index (χ0) is 25.2. The molecule has 1 aliphatic heterocycles. The molecule has 1 N–H and O–H groups in total. The van der Waals surface area contributed by atoms with Gasteiger partial charge in [-0.05, 0) is 47.7 Å². The number of hydrogen-bond acceptors (Lipinski definition) is 3. The zero-order valence-electron chi connectivity index (χ0n) is 20.3. The van der Waals surface area contributed by atoms with Gasteiger partial charge in [0.25, 0.3) is 11.8 Å². The molecule has 180 valence electrons. The predicted octanol–water partition coefficient (Wildman–Crippen LogP) is 5.87. The van der Waals surface area contributed by atoms with Gasteiger partial charge in [0.05, 0.1) is 5.69 Å². The van der Waals surface area contributed by atoms with E-state index in [4.69, 9.17) is 0 Å². The van der Waals surface area contributed by atoms with Gasteiger partial charge in [0.2, 0.25) is 0 Å². The smallest absolute Gasteiger partial charge is 0.335 e. The first-order chi connectivity index (χ1) is 17.5. The number of carbonyl (C=O) groups excluding carboxylic acids is 3. The summed E-state index contributed by atoms with van der Waals surface area (Å²) in [6.07, 6.45) is 4.50. The number of nitrogens with one attached hydrogen (secondary N) is 1. The maximum absolute atomic E-state index is 13.4. The number of amides is 4. The van der Waals surface area contributed by atoms with Crippen LogP contribution < -0.4 is 10.2 Å². The minimum atomic E-state index is -0.745. The van der Waals surface area contributed by atoms with Crippen molar-refractivity contribution in [2.45, 2.75) is 32.7 Å². The highest BCUT2D eigenvalue weighted by Gasteiger charge is 2.37. The van der Waals surface area contributed by atoms with Gasteiger partial charge in [-0.2, -0.15) is 0 Å². The minimum absolute atomic E-state index is 0.0804. The highest BCUT2D eigenvalue weighted by atomic mass is 16.2. The number of imide groups is 2. The van der Waals surface area contributed by atoms with Gasteiger partial charge in [0, 0.05) is 29.2 Å². The van der Waals surface area contributed by atoms with Crippen LogP contribution in [0.2, 0.25) is 0 Å². The molecule has 0 bridgehead atoms. The lowest BCUT2D eigenvalue weighted by atomic mass is 9.98. The number of anilines is 1. The van der Waals surface area contributed by atoms with Crippen molar-refractivity contribution in [1.29, 1.82) is 0 Å². The van der Waals surface area contributed by atoms with E-state index in [1.807, 2.05) is 60.8 Å². The van der Waals surface area contributed by atoms with Crippen LogP contribution in [0.25, 0.3) is 17.0 Å². The van der Waals surface area contributed by atoms with E-state index < -0.39 is 17.8 Å². The molecule has 1 aliphatic rings. The van der Waals surface area contributed by atoms with Crippen molar-refractivity contribution in [3.8, 4) is 0 Å². The summed E-state index contributed by atoms with van der Waals surface area (Å²) in [5.41, 5.74) is 4.34. The molecule has 4 aromatic rings. The summed E-state index contributed by atoms with van der Waals surface area (Å²) in [6, 6.07) is 24.5. The normalized spacial score (nSPS) is 16.0. The summed E-state index contributed by atoms with van der Waals surface area (Å²) >= 11 is 0. The number of nitrogens with zero attached hydrogens (tertiary/aromatic N) is 2. The second kappa shape index (κ2) is 9.66. The van der Waals surface area contributed by atoms with Gasteiger partial charge in [-0.15, -0.1) is 0 Å². The second-order valence-corrected chi connectivity index (χ2v) is 9.07. The molecule has 1 atom stereocenters. The number of fused-ring (bicyclic) bond motifs is 1. The molecule has 6 nitrogen and oxygen atoms in total. The lowest BCUT2D eigenvalue weighted by Crippen LogP contribution is -2.54. The summed E-state index contributed by atoms with van der Waals surface area (Å²) in [5, 5.41) is 3.24. The lowest BCUT2D eigenvalue weighted by Gasteiger charge is -2.26. The molecule has 4 amide bonds. The van der Waals surface area contributed by atoms with Gasteiger partial charge in [-0.1, -0.05) is 74.5 Å². The average molecular weight is 478 g/mol. The third-order valence-electron chi connectivity index (χ3n) is 6.75. The monoisotopic (exact) mass is 477 g/mol. The van der Waals surface area contributed by atoms with Gasteiger partial charge >= 0.3 is 6.03 Å². The fraction of sp³-hybridized carbons (Fsp3) is 0.167. The van der Waals surface area contributed by atoms with E-state index in [2.05, 4.69) is 35.9 Å². The summed E-state index contributed by atoms with van der Waals surface area (Å²) in [5.74, 6) is -0.965. The summed E-state index contributed by atoms with van der Waals surface area (Å²) < 4.78 is 2.10.